The van der Waals surface area contributed by atoms with Crippen molar-refractivity contribution in [2.75, 3.05) is 44.5 Å². The Hall–Kier alpha value is -2.90. The quantitative estimate of drug-likeness (QED) is 0.681. The number of methoxy groups -OCH3 is 1. The van der Waals surface area contributed by atoms with Gasteiger partial charge >= 0.3 is 6.01 Å². The topological polar surface area (TPSA) is 76.7 Å². The molecule has 2 aliphatic rings. The van der Waals surface area contributed by atoms with Crippen LogP contribution in [-0.4, -0.2) is 60.9 Å². The number of hydrogen-bond acceptors (Lipinski definition) is 7. The molecule has 0 spiro atoms. The fourth-order valence-electron chi connectivity index (χ4n) is 4.76. The summed E-state index contributed by atoms with van der Waals surface area (Å²) in [6.07, 6.45) is 2.02. The van der Waals surface area contributed by atoms with E-state index in [0.717, 1.165) is 37.2 Å². The van der Waals surface area contributed by atoms with E-state index in [1.807, 2.05) is 0 Å². The van der Waals surface area contributed by atoms with Crippen LogP contribution in [0, 0.1) is 0 Å². The average Bonchev–Trinajstić information content (AvgIpc) is 3.16. The molecule has 7 nitrogen and oxygen atoms in total. The van der Waals surface area contributed by atoms with Crippen LogP contribution in [0.3, 0.4) is 0 Å². The molecular formula is C24H29N5O2. The van der Waals surface area contributed by atoms with Gasteiger partial charge in [0.15, 0.2) is 0 Å². The zero-order chi connectivity index (χ0) is 21.4. The van der Waals surface area contributed by atoms with Crippen LogP contribution in [-0.2, 0) is 17.7 Å². The molecule has 0 amide bonds. The molecule has 31 heavy (non-hydrogen) atoms. The maximum Gasteiger partial charge on any atom is 0.318 e. The second-order valence-corrected chi connectivity index (χ2v) is 8.48. The van der Waals surface area contributed by atoms with E-state index >= 15 is 0 Å². The Labute approximate surface area is 182 Å². The minimum absolute atomic E-state index is 0.252. The molecule has 5 rings (SSSR count). The lowest BCUT2D eigenvalue weighted by Gasteiger charge is -2.31. The number of hydrogen-bond donors (Lipinski definition) is 1. The van der Waals surface area contributed by atoms with Gasteiger partial charge in [-0.3, -0.25) is 4.90 Å². The monoisotopic (exact) mass is 419 g/mol. The highest BCUT2D eigenvalue weighted by atomic mass is 16.5. The molecule has 2 aromatic carbocycles. The molecule has 2 N–H and O–H groups in total. The summed E-state index contributed by atoms with van der Waals surface area (Å²) >= 11 is 0. The number of nitrogens with two attached hydrogens (primary N) is 1. The van der Waals surface area contributed by atoms with Crippen molar-refractivity contribution in [3.8, 4) is 6.01 Å². The van der Waals surface area contributed by atoms with E-state index in [1.54, 1.807) is 7.11 Å². The van der Waals surface area contributed by atoms with Gasteiger partial charge in [-0.05, 0) is 31.3 Å². The zero-order valence-corrected chi connectivity index (χ0v) is 18.1. The molecule has 1 aromatic heterocycles. The molecule has 2 aliphatic heterocycles. The van der Waals surface area contributed by atoms with Gasteiger partial charge < -0.3 is 20.1 Å². The van der Waals surface area contributed by atoms with E-state index in [4.69, 9.17) is 20.2 Å². The lowest BCUT2D eigenvalue weighted by Crippen LogP contribution is -2.33. The van der Waals surface area contributed by atoms with E-state index in [9.17, 15) is 0 Å². The molecule has 2 atom stereocenters. The molecule has 3 heterocycles. The fourth-order valence-corrected chi connectivity index (χ4v) is 4.76. The van der Waals surface area contributed by atoms with Crippen LogP contribution in [0.25, 0.3) is 10.8 Å². The van der Waals surface area contributed by atoms with Crippen molar-refractivity contribution in [1.82, 2.24) is 14.9 Å². The minimum Gasteiger partial charge on any atom is -0.462 e. The number of benzene rings is 2. The van der Waals surface area contributed by atoms with Crippen LogP contribution in [0.5, 0.6) is 6.01 Å². The maximum atomic E-state index is 6.29. The molecule has 1 saturated heterocycles. The number of nitrogens with zero attached hydrogens (tertiary/aromatic N) is 4. The summed E-state index contributed by atoms with van der Waals surface area (Å²) in [7, 11) is 3.86. The second-order valence-electron chi connectivity index (χ2n) is 8.48. The third kappa shape index (κ3) is 3.91. The van der Waals surface area contributed by atoms with Gasteiger partial charge in [0.05, 0.1) is 18.3 Å². The van der Waals surface area contributed by atoms with Gasteiger partial charge in [-0.2, -0.15) is 9.97 Å². The molecular weight excluding hydrogens is 390 g/mol. The third-order valence-electron chi connectivity index (χ3n) is 6.57. The highest BCUT2D eigenvalue weighted by Crippen LogP contribution is 2.32. The summed E-state index contributed by atoms with van der Waals surface area (Å²) in [5, 5.41) is 2.50. The van der Waals surface area contributed by atoms with Gasteiger partial charge in [0, 0.05) is 42.9 Å². The first-order chi connectivity index (χ1) is 15.1. The molecule has 7 heteroatoms. The van der Waals surface area contributed by atoms with Crippen LogP contribution in [0.15, 0.2) is 42.5 Å². The van der Waals surface area contributed by atoms with Crippen molar-refractivity contribution in [3.63, 3.8) is 0 Å². The lowest BCUT2D eigenvalue weighted by molar-refractivity contribution is 0.111. The highest BCUT2D eigenvalue weighted by Gasteiger charge is 2.30. The summed E-state index contributed by atoms with van der Waals surface area (Å²) < 4.78 is 11.5. The number of fused-ring (bicyclic) bond motifs is 2. The van der Waals surface area contributed by atoms with Gasteiger partial charge in [0.1, 0.15) is 12.4 Å². The normalized spacial score (nSPS) is 21.4. The van der Waals surface area contributed by atoms with Crippen LogP contribution < -0.4 is 15.4 Å². The molecule has 0 radical (unpaired) electrons. The molecule has 0 unspecified atom stereocenters. The molecule has 0 bridgehead atoms. The van der Waals surface area contributed by atoms with E-state index < -0.39 is 0 Å². The molecule has 162 valence electrons. The van der Waals surface area contributed by atoms with Gasteiger partial charge in [0.2, 0.25) is 0 Å². The number of ether oxygens (including phenoxy) is 2. The number of likely N-dealkylation sites (tertiary alicyclic amines) is 1. The number of rotatable bonds is 5. The first-order valence-electron chi connectivity index (χ1n) is 10.9. The molecule has 0 saturated carbocycles. The number of aromatic nitrogens is 2. The second kappa shape index (κ2) is 8.32. The Morgan fingerprint density at radius 1 is 1.13 bits per heavy atom. The van der Waals surface area contributed by atoms with Crippen molar-refractivity contribution in [3.05, 3.63) is 53.7 Å². The number of anilines is 2. The number of nitrogen functional groups attached to an aromatic ring is 1. The SMILES string of the molecule is CO[C@@H]1C[C@@H](COc2nc(N)c3c(n2)CN(c2cccc4ccccc24)CC3)N(C)C1. The van der Waals surface area contributed by atoms with E-state index in [-0.39, 0.29) is 12.1 Å². The average molecular weight is 420 g/mol. The first kappa shape index (κ1) is 20.0. The van der Waals surface area contributed by atoms with Gasteiger partial charge in [-0.25, -0.2) is 0 Å². The Kier molecular flexibility index (Phi) is 5.38. The summed E-state index contributed by atoms with van der Waals surface area (Å²) in [5.41, 5.74) is 9.51. The summed E-state index contributed by atoms with van der Waals surface area (Å²) in [5.74, 6) is 0.534. The third-order valence-corrected chi connectivity index (χ3v) is 6.57. The highest BCUT2D eigenvalue weighted by molar-refractivity contribution is 5.94. The van der Waals surface area contributed by atoms with E-state index in [2.05, 4.69) is 64.3 Å². The van der Waals surface area contributed by atoms with Crippen molar-refractivity contribution >= 4 is 22.3 Å². The van der Waals surface area contributed by atoms with E-state index in [1.165, 1.54) is 16.5 Å². The smallest absolute Gasteiger partial charge is 0.318 e. The molecule has 3 aromatic rings. The molecule has 1 fully saturated rings. The van der Waals surface area contributed by atoms with Gasteiger partial charge in [-0.1, -0.05) is 36.4 Å². The Morgan fingerprint density at radius 2 is 1.97 bits per heavy atom. The fraction of sp³-hybridized carbons (Fsp3) is 0.417. The summed E-state index contributed by atoms with van der Waals surface area (Å²) in [4.78, 5) is 13.8. The van der Waals surface area contributed by atoms with E-state index in [0.29, 0.717) is 25.0 Å². The predicted molar refractivity (Wildman–Crippen MR) is 122 cm³/mol. The Balaban J connectivity index is 1.35. The van der Waals surface area contributed by atoms with Crippen molar-refractivity contribution in [2.45, 2.75) is 31.5 Å². The van der Waals surface area contributed by atoms with Gasteiger partial charge in [-0.15, -0.1) is 0 Å². The van der Waals surface area contributed by atoms with Gasteiger partial charge in [0.25, 0.3) is 0 Å². The Morgan fingerprint density at radius 3 is 2.81 bits per heavy atom. The standard InChI is InChI=1S/C24H29N5O2/c1-28-13-18(30-2)12-17(28)15-31-24-26-21-14-29(11-10-20(21)23(25)27-24)22-9-5-7-16-6-3-4-8-19(16)22/h3-9,17-18H,10-15H2,1-2H3,(H2,25,26,27)/t17-,18+/m0/s1. The van der Waals surface area contributed by atoms with Crippen LogP contribution in [0.4, 0.5) is 11.5 Å². The van der Waals surface area contributed by atoms with Crippen LogP contribution in [0.1, 0.15) is 17.7 Å². The maximum absolute atomic E-state index is 6.29. The lowest BCUT2D eigenvalue weighted by atomic mass is 10.0. The number of likely N-dealkylation sites (N-methyl/N-ethyl adjacent to an activating group) is 1. The zero-order valence-electron chi connectivity index (χ0n) is 18.1. The van der Waals surface area contributed by atoms with Crippen molar-refractivity contribution < 1.29 is 9.47 Å². The van der Waals surface area contributed by atoms with Crippen molar-refractivity contribution in [2.24, 2.45) is 0 Å². The summed E-state index contributed by atoms with van der Waals surface area (Å²) in [6.45, 7) is 3.03. The Bertz CT molecular complexity index is 1080. The molecule has 0 aliphatic carbocycles. The van der Waals surface area contributed by atoms with Crippen LogP contribution >= 0.6 is 0 Å². The van der Waals surface area contributed by atoms with Crippen LogP contribution in [0.2, 0.25) is 0 Å². The largest absolute Gasteiger partial charge is 0.462 e. The first-order valence-corrected chi connectivity index (χ1v) is 10.9. The minimum atomic E-state index is 0.252. The predicted octanol–water partition coefficient (Wildman–Crippen LogP) is 2.87. The summed E-state index contributed by atoms with van der Waals surface area (Å²) in [6, 6.07) is 15.6. The van der Waals surface area contributed by atoms with Crippen molar-refractivity contribution in [1.29, 1.82) is 0 Å².